The van der Waals surface area contributed by atoms with Gasteiger partial charge in [-0.15, -0.1) is 0 Å². The molecule has 2 aromatic rings. The van der Waals surface area contributed by atoms with Gasteiger partial charge in [0.15, 0.2) is 0 Å². The number of amides is 2. The topological polar surface area (TPSA) is 62.3 Å². The zero-order valence-electron chi connectivity index (χ0n) is 24.7. The Morgan fingerprint density at radius 2 is 1.71 bits per heavy atom. The molecule has 0 bridgehead atoms. The van der Waals surface area contributed by atoms with Gasteiger partial charge in [-0.3, -0.25) is 9.69 Å². The molecule has 2 aromatic carbocycles. The number of carbonyl (C=O) groups excluding carboxylic acids is 2. The summed E-state index contributed by atoms with van der Waals surface area (Å²) in [6, 6.07) is 11.4. The third kappa shape index (κ3) is 9.74. The van der Waals surface area contributed by atoms with Crippen LogP contribution in [0.1, 0.15) is 55.0 Å². The van der Waals surface area contributed by atoms with Gasteiger partial charge in [-0.25, -0.2) is 4.79 Å². The van der Waals surface area contributed by atoms with Crippen molar-refractivity contribution < 1.29 is 32.2 Å². The van der Waals surface area contributed by atoms with E-state index >= 15 is 0 Å². The Morgan fingerprint density at radius 1 is 1.00 bits per heavy atom. The molecule has 0 saturated heterocycles. The van der Waals surface area contributed by atoms with Gasteiger partial charge >= 0.3 is 12.3 Å². The molecule has 1 heterocycles. The van der Waals surface area contributed by atoms with E-state index in [0.29, 0.717) is 13.0 Å². The van der Waals surface area contributed by atoms with Crippen LogP contribution in [0.25, 0.3) is 0 Å². The monoisotopic (exact) mass is 577 g/mol. The summed E-state index contributed by atoms with van der Waals surface area (Å²) in [6.07, 6.45) is -3.60. The molecule has 41 heavy (non-hydrogen) atoms. The summed E-state index contributed by atoms with van der Waals surface area (Å²) in [5.41, 5.74) is 2.11. The summed E-state index contributed by atoms with van der Waals surface area (Å²) >= 11 is 0. The molecule has 0 fully saturated rings. The van der Waals surface area contributed by atoms with E-state index in [2.05, 4.69) is 11.0 Å². The number of fused-ring (bicyclic) bond motifs is 1. The molecule has 0 unspecified atom stereocenters. The molecular weight excluding hydrogens is 535 g/mol. The van der Waals surface area contributed by atoms with Crippen LogP contribution in [0.4, 0.5) is 18.0 Å². The van der Waals surface area contributed by atoms with Crippen molar-refractivity contribution in [2.45, 2.75) is 64.9 Å². The van der Waals surface area contributed by atoms with Gasteiger partial charge in [0.2, 0.25) is 5.91 Å². The highest BCUT2D eigenvalue weighted by atomic mass is 19.4. The van der Waals surface area contributed by atoms with E-state index in [1.165, 1.54) is 39.1 Å². The Bertz CT molecular complexity index is 1180. The Morgan fingerprint density at radius 3 is 2.39 bits per heavy atom. The molecule has 0 spiro atoms. The molecule has 0 N–H and O–H groups in total. The number of carbonyl (C=O) groups is 2. The van der Waals surface area contributed by atoms with Crippen LogP contribution < -0.4 is 0 Å². The highest BCUT2D eigenvalue weighted by molar-refractivity contribution is 5.76. The molecule has 0 radical (unpaired) electrons. The number of hydrogen-bond donors (Lipinski definition) is 0. The van der Waals surface area contributed by atoms with Gasteiger partial charge in [0.1, 0.15) is 5.60 Å². The van der Waals surface area contributed by atoms with Crippen molar-refractivity contribution in [2.24, 2.45) is 0 Å². The molecule has 3 rings (SSSR count). The first-order valence-electron chi connectivity index (χ1n) is 14.0. The molecular formula is C31H42F3N3O4. The van der Waals surface area contributed by atoms with Crippen molar-refractivity contribution in [3.05, 3.63) is 70.3 Å². The molecule has 226 valence electrons. The van der Waals surface area contributed by atoms with Crippen LogP contribution in [0.2, 0.25) is 0 Å². The lowest BCUT2D eigenvalue weighted by Gasteiger charge is -2.30. The number of halogens is 3. The molecule has 1 aliphatic rings. The van der Waals surface area contributed by atoms with Gasteiger partial charge in [0, 0.05) is 59.8 Å². The zero-order valence-corrected chi connectivity index (χ0v) is 24.7. The van der Waals surface area contributed by atoms with Crippen LogP contribution >= 0.6 is 0 Å². The van der Waals surface area contributed by atoms with Gasteiger partial charge < -0.3 is 19.3 Å². The van der Waals surface area contributed by atoms with Crippen molar-refractivity contribution in [1.82, 2.24) is 14.7 Å². The number of aryl methyl sites for hydroxylation is 1. The van der Waals surface area contributed by atoms with Gasteiger partial charge in [-0.05, 0) is 61.9 Å². The van der Waals surface area contributed by atoms with E-state index in [1.54, 1.807) is 34.9 Å². The SMILES string of the molecule is COCCN1CCc2c(CCC(=O)N(CCN(C)C(=O)OC(C)(C)C)Cc3ccccc3C(F)(F)F)cccc2C1. The lowest BCUT2D eigenvalue weighted by atomic mass is 9.92. The highest BCUT2D eigenvalue weighted by Crippen LogP contribution is 2.32. The van der Waals surface area contributed by atoms with Crippen LogP contribution in [0, 0.1) is 0 Å². The van der Waals surface area contributed by atoms with E-state index in [0.717, 1.165) is 37.7 Å². The van der Waals surface area contributed by atoms with E-state index in [1.807, 2.05) is 12.1 Å². The smallest absolute Gasteiger partial charge is 0.416 e. The maximum Gasteiger partial charge on any atom is 0.416 e. The molecule has 0 saturated carbocycles. The number of likely N-dealkylation sites (N-methyl/N-ethyl adjacent to an activating group) is 1. The largest absolute Gasteiger partial charge is 0.444 e. The third-order valence-electron chi connectivity index (χ3n) is 7.11. The number of ether oxygens (including phenoxy) is 2. The second-order valence-corrected chi connectivity index (χ2v) is 11.4. The maximum absolute atomic E-state index is 13.7. The second-order valence-electron chi connectivity index (χ2n) is 11.4. The maximum atomic E-state index is 13.7. The van der Waals surface area contributed by atoms with Crippen LogP contribution in [-0.4, -0.2) is 79.2 Å². The van der Waals surface area contributed by atoms with Crippen molar-refractivity contribution in [3.63, 3.8) is 0 Å². The number of benzene rings is 2. The third-order valence-corrected chi connectivity index (χ3v) is 7.11. The predicted octanol–water partition coefficient (Wildman–Crippen LogP) is 5.54. The van der Waals surface area contributed by atoms with E-state index in [4.69, 9.17) is 9.47 Å². The lowest BCUT2D eigenvalue weighted by molar-refractivity contribution is -0.140. The summed E-state index contributed by atoms with van der Waals surface area (Å²) in [4.78, 5) is 31.1. The minimum atomic E-state index is -4.54. The number of rotatable bonds is 11. The molecule has 10 heteroatoms. The Kier molecular flexibility index (Phi) is 11.2. The average Bonchev–Trinajstić information content (AvgIpc) is 2.91. The number of methoxy groups -OCH3 is 1. The quantitative estimate of drug-likeness (QED) is 0.351. The van der Waals surface area contributed by atoms with Crippen molar-refractivity contribution in [1.29, 1.82) is 0 Å². The summed E-state index contributed by atoms with van der Waals surface area (Å²) in [7, 11) is 3.24. The first kappa shape index (κ1) is 32.4. The molecule has 0 aromatic heterocycles. The normalized spacial score (nSPS) is 14.0. The predicted molar refractivity (Wildman–Crippen MR) is 151 cm³/mol. The fourth-order valence-electron chi connectivity index (χ4n) is 4.93. The molecule has 2 amide bonds. The van der Waals surface area contributed by atoms with Crippen LogP contribution in [0.3, 0.4) is 0 Å². The summed E-state index contributed by atoms with van der Waals surface area (Å²) in [5.74, 6) is -0.269. The zero-order chi connectivity index (χ0) is 30.2. The van der Waals surface area contributed by atoms with E-state index in [-0.39, 0.29) is 37.5 Å². The van der Waals surface area contributed by atoms with Crippen LogP contribution in [0.5, 0.6) is 0 Å². The summed E-state index contributed by atoms with van der Waals surface area (Å²) < 4.78 is 51.8. The summed E-state index contributed by atoms with van der Waals surface area (Å²) in [5, 5.41) is 0. The first-order chi connectivity index (χ1) is 19.3. The van der Waals surface area contributed by atoms with E-state index in [9.17, 15) is 22.8 Å². The number of nitrogens with zero attached hydrogens (tertiary/aromatic N) is 3. The van der Waals surface area contributed by atoms with Crippen LogP contribution in [-0.2, 0) is 46.4 Å². The molecule has 0 atom stereocenters. The molecule has 7 nitrogen and oxygen atoms in total. The highest BCUT2D eigenvalue weighted by Gasteiger charge is 2.34. The van der Waals surface area contributed by atoms with Gasteiger partial charge in [0.05, 0.1) is 12.2 Å². The average molecular weight is 578 g/mol. The van der Waals surface area contributed by atoms with Crippen molar-refractivity contribution in [3.8, 4) is 0 Å². The second kappa shape index (κ2) is 14.2. The Hall–Kier alpha value is -3.11. The first-order valence-corrected chi connectivity index (χ1v) is 14.0. The van der Waals surface area contributed by atoms with Crippen molar-refractivity contribution >= 4 is 12.0 Å². The van der Waals surface area contributed by atoms with Gasteiger partial charge in [-0.2, -0.15) is 13.2 Å². The summed E-state index contributed by atoms with van der Waals surface area (Å²) in [6.45, 7) is 8.47. The van der Waals surface area contributed by atoms with Gasteiger partial charge in [-0.1, -0.05) is 36.4 Å². The number of hydrogen-bond acceptors (Lipinski definition) is 5. The molecule has 0 aliphatic carbocycles. The Balaban J connectivity index is 1.75. The minimum absolute atomic E-state index is 0.0153. The van der Waals surface area contributed by atoms with Crippen molar-refractivity contribution in [2.75, 3.05) is 46.9 Å². The lowest BCUT2D eigenvalue weighted by Crippen LogP contribution is -2.41. The van der Waals surface area contributed by atoms with E-state index < -0.39 is 23.4 Å². The fraction of sp³-hybridized carbons (Fsp3) is 0.548. The fourth-order valence-corrected chi connectivity index (χ4v) is 4.93. The minimum Gasteiger partial charge on any atom is -0.444 e. The number of alkyl halides is 3. The van der Waals surface area contributed by atoms with Gasteiger partial charge in [0.25, 0.3) is 0 Å². The molecule has 1 aliphatic heterocycles. The standard InChI is InChI=1S/C31H42F3N3O4/c1-30(2,3)41-29(39)35(4)17-18-37(22-25-9-6-7-12-27(25)31(32,33)34)28(38)14-13-23-10-8-11-24-21-36(19-20-40-5)16-15-26(23)24/h6-12H,13-22H2,1-5H3. The Labute approximate surface area is 241 Å². The van der Waals surface area contributed by atoms with Crippen LogP contribution in [0.15, 0.2) is 42.5 Å².